The first-order chi connectivity index (χ1) is 7.79. The Kier molecular flexibility index (Phi) is 4.02. The predicted molar refractivity (Wildman–Crippen MR) is 60.3 cm³/mol. The summed E-state index contributed by atoms with van der Waals surface area (Å²) in [5, 5.41) is 13.5. The van der Waals surface area contributed by atoms with Gasteiger partial charge in [-0.15, -0.1) is 0 Å². The minimum atomic E-state index is -3.57. The van der Waals surface area contributed by atoms with Crippen molar-refractivity contribution < 1.29 is 18.3 Å². The van der Waals surface area contributed by atoms with Crippen molar-refractivity contribution in [2.45, 2.75) is 13.0 Å². The SMILES string of the molecule is NS(=O)(=O)CCCn1cc(C(=O)O)ccc1=O. The molecule has 0 amide bonds. The van der Waals surface area contributed by atoms with Gasteiger partial charge >= 0.3 is 5.97 Å². The van der Waals surface area contributed by atoms with Crippen molar-refractivity contribution in [3.8, 4) is 0 Å². The molecule has 3 N–H and O–H groups in total. The number of hydrogen-bond donors (Lipinski definition) is 2. The van der Waals surface area contributed by atoms with E-state index in [1.807, 2.05) is 0 Å². The van der Waals surface area contributed by atoms with Crippen molar-refractivity contribution >= 4 is 16.0 Å². The summed E-state index contributed by atoms with van der Waals surface area (Å²) >= 11 is 0. The molecule has 0 bridgehead atoms. The van der Waals surface area contributed by atoms with E-state index >= 15 is 0 Å². The Labute approximate surface area is 97.5 Å². The van der Waals surface area contributed by atoms with Crippen molar-refractivity contribution in [2.24, 2.45) is 5.14 Å². The monoisotopic (exact) mass is 260 g/mol. The minimum Gasteiger partial charge on any atom is -0.478 e. The normalized spacial score (nSPS) is 11.4. The fourth-order valence-electron chi connectivity index (χ4n) is 1.27. The van der Waals surface area contributed by atoms with E-state index in [9.17, 15) is 18.0 Å². The lowest BCUT2D eigenvalue weighted by molar-refractivity contribution is 0.0695. The zero-order valence-corrected chi connectivity index (χ0v) is 9.68. The van der Waals surface area contributed by atoms with E-state index in [-0.39, 0.29) is 29.8 Å². The Morgan fingerprint density at radius 3 is 2.59 bits per heavy atom. The predicted octanol–water partition coefficient (Wildman–Crippen LogP) is -0.775. The summed E-state index contributed by atoms with van der Waals surface area (Å²) in [4.78, 5) is 22.0. The number of carboxylic acid groups (broad SMARTS) is 1. The molecule has 0 saturated carbocycles. The van der Waals surface area contributed by atoms with Crippen molar-refractivity contribution in [1.82, 2.24) is 4.57 Å². The summed E-state index contributed by atoms with van der Waals surface area (Å²) in [6, 6.07) is 2.32. The van der Waals surface area contributed by atoms with Gasteiger partial charge in [-0.05, 0) is 12.5 Å². The van der Waals surface area contributed by atoms with Gasteiger partial charge in [0.2, 0.25) is 10.0 Å². The van der Waals surface area contributed by atoms with Crippen molar-refractivity contribution in [3.05, 3.63) is 34.2 Å². The number of nitrogens with two attached hydrogens (primary N) is 1. The summed E-state index contributed by atoms with van der Waals surface area (Å²) in [7, 11) is -3.57. The van der Waals surface area contributed by atoms with Crippen LogP contribution in [0.1, 0.15) is 16.8 Å². The van der Waals surface area contributed by atoms with Crippen LogP contribution in [-0.4, -0.2) is 29.8 Å². The maximum atomic E-state index is 11.3. The average molecular weight is 260 g/mol. The third kappa shape index (κ3) is 4.37. The lowest BCUT2D eigenvalue weighted by atomic mass is 10.3. The van der Waals surface area contributed by atoms with Crippen LogP contribution in [0.15, 0.2) is 23.1 Å². The van der Waals surface area contributed by atoms with Gasteiger partial charge in [0.25, 0.3) is 5.56 Å². The van der Waals surface area contributed by atoms with Gasteiger partial charge in [0.1, 0.15) is 0 Å². The fraction of sp³-hybridized carbons (Fsp3) is 0.333. The third-order valence-electron chi connectivity index (χ3n) is 2.06. The Hall–Kier alpha value is -1.67. The van der Waals surface area contributed by atoms with Crippen molar-refractivity contribution in [2.75, 3.05) is 5.75 Å². The van der Waals surface area contributed by atoms with Crippen LogP contribution >= 0.6 is 0 Å². The first kappa shape index (κ1) is 13.4. The van der Waals surface area contributed by atoms with E-state index in [0.29, 0.717) is 0 Å². The third-order valence-corrected chi connectivity index (χ3v) is 2.92. The second kappa shape index (κ2) is 5.11. The van der Waals surface area contributed by atoms with Crippen LogP contribution in [-0.2, 0) is 16.6 Å². The highest BCUT2D eigenvalue weighted by Gasteiger charge is 2.06. The molecular weight excluding hydrogens is 248 g/mol. The molecule has 94 valence electrons. The Morgan fingerprint density at radius 2 is 2.06 bits per heavy atom. The molecular formula is C9H12N2O5S. The van der Waals surface area contributed by atoms with Gasteiger partial charge in [-0.3, -0.25) is 4.79 Å². The maximum Gasteiger partial charge on any atom is 0.337 e. The van der Waals surface area contributed by atoms with Crippen molar-refractivity contribution in [3.63, 3.8) is 0 Å². The molecule has 0 fully saturated rings. The van der Waals surface area contributed by atoms with Crippen LogP contribution in [0.3, 0.4) is 0 Å². The molecule has 0 spiro atoms. The fourth-order valence-corrected chi connectivity index (χ4v) is 1.80. The molecule has 8 heteroatoms. The van der Waals surface area contributed by atoms with Crippen LogP contribution < -0.4 is 10.7 Å². The zero-order valence-electron chi connectivity index (χ0n) is 8.87. The molecule has 1 aromatic heterocycles. The van der Waals surface area contributed by atoms with Gasteiger partial charge in [-0.2, -0.15) is 0 Å². The minimum absolute atomic E-state index is 0.0276. The molecule has 17 heavy (non-hydrogen) atoms. The number of carboxylic acids is 1. The molecule has 1 aromatic rings. The number of pyridine rings is 1. The number of carbonyl (C=O) groups is 1. The highest BCUT2D eigenvalue weighted by Crippen LogP contribution is 1.97. The molecule has 0 aliphatic carbocycles. The van der Waals surface area contributed by atoms with Crippen LogP contribution in [0.5, 0.6) is 0 Å². The van der Waals surface area contributed by atoms with E-state index in [1.165, 1.54) is 12.3 Å². The molecule has 0 unspecified atom stereocenters. The number of aryl methyl sites for hydroxylation is 1. The molecule has 0 aliphatic heterocycles. The second-order valence-corrected chi connectivity index (χ2v) is 5.21. The average Bonchev–Trinajstić information content (AvgIpc) is 2.18. The molecule has 1 heterocycles. The Bertz CT molecular complexity index is 575. The van der Waals surface area contributed by atoms with Gasteiger partial charge in [0.15, 0.2) is 0 Å². The smallest absolute Gasteiger partial charge is 0.337 e. The number of primary sulfonamides is 1. The number of aromatic carboxylic acids is 1. The van der Waals surface area contributed by atoms with Crippen LogP contribution in [0, 0.1) is 0 Å². The van der Waals surface area contributed by atoms with E-state index in [0.717, 1.165) is 10.6 Å². The van der Waals surface area contributed by atoms with Crippen LogP contribution in [0.2, 0.25) is 0 Å². The summed E-state index contributed by atoms with van der Waals surface area (Å²) in [6.07, 6.45) is 1.33. The molecule has 0 aromatic carbocycles. The first-order valence-corrected chi connectivity index (χ1v) is 6.45. The number of sulfonamides is 1. The van der Waals surface area contributed by atoms with Crippen LogP contribution in [0.25, 0.3) is 0 Å². The second-order valence-electron chi connectivity index (χ2n) is 3.48. The van der Waals surface area contributed by atoms with Gasteiger partial charge in [0, 0.05) is 18.8 Å². The highest BCUT2D eigenvalue weighted by molar-refractivity contribution is 7.89. The van der Waals surface area contributed by atoms with Gasteiger partial charge in [-0.1, -0.05) is 0 Å². The van der Waals surface area contributed by atoms with Gasteiger partial charge in [0.05, 0.1) is 11.3 Å². The maximum absolute atomic E-state index is 11.3. The van der Waals surface area contributed by atoms with Gasteiger partial charge < -0.3 is 9.67 Å². The Balaban J connectivity index is 2.80. The Morgan fingerprint density at radius 1 is 1.41 bits per heavy atom. The molecule has 0 radical (unpaired) electrons. The van der Waals surface area contributed by atoms with Gasteiger partial charge in [-0.25, -0.2) is 18.4 Å². The summed E-state index contributed by atoms with van der Waals surface area (Å²) in [6.45, 7) is 0.108. The zero-order chi connectivity index (χ0) is 13.1. The first-order valence-electron chi connectivity index (χ1n) is 4.74. The molecule has 1 rings (SSSR count). The summed E-state index contributed by atoms with van der Waals surface area (Å²) in [5.74, 6) is -1.40. The number of rotatable bonds is 5. The lowest BCUT2D eigenvalue weighted by Crippen LogP contribution is -2.23. The van der Waals surface area contributed by atoms with E-state index in [2.05, 4.69) is 0 Å². The number of nitrogens with zero attached hydrogens (tertiary/aromatic N) is 1. The quantitative estimate of drug-likeness (QED) is 0.720. The number of aromatic nitrogens is 1. The summed E-state index contributed by atoms with van der Waals surface area (Å²) in [5.41, 5.74) is -0.412. The van der Waals surface area contributed by atoms with E-state index < -0.39 is 16.0 Å². The van der Waals surface area contributed by atoms with Crippen LogP contribution in [0.4, 0.5) is 0 Å². The van der Waals surface area contributed by atoms with E-state index in [4.69, 9.17) is 10.2 Å². The number of hydrogen-bond acceptors (Lipinski definition) is 4. The highest BCUT2D eigenvalue weighted by atomic mass is 32.2. The summed E-state index contributed by atoms with van der Waals surface area (Å²) < 4.78 is 22.5. The van der Waals surface area contributed by atoms with E-state index in [1.54, 1.807) is 0 Å². The lowest BCUT2D eigenvalue weighted by Gasteiger charge is -2.05. The largest absolute Gasteiger partial charge is 0.478 e. The molecule has 7 nitrogen and oxygen atoms in total. The molecule has 0 saturated heterocycles. The standard InChI is InChI=1S/C9H12N2O5S/c10-17(15,16)5-1-4-11-6-7(9(13)14)2-3-8(11)12/h2-3,6H,1,4-5H2,(H,13,14)(H2,10,15,16). The van der Waals surface area contributed by atoms with Crippen molar-refractivity contribution in [1.29, 1.82) is 0 Å². The molecule has 0 aliphatic rings. The topological polar surface area (TPSA) is 119 Å². The molecule has 0 atom stereocenters.